The number of hydrogen-bond acceptors (Lipinski definition) is 3. The Morgan fingerprint density at radius 3 is 2.67 bits per heavy atom. The number of carbonyl (C=O) groups is 1. The first-order valence-corrected chi connectivity index (χ1v) is 5.07. The molecule has 0 aromatic carbocycles. The minimum Gasteiger partial charge on any atom is -0.445 e. The molecule has 1 rings (SSSR count). The van der Waals surface area contributed by atoms with Crippen LogP contribution in [0.3, 0.4) is 0 Å². The molecular formula is C11H18N2O2. The minimum atomic E-state index is -0.743. The number of carbonyl (C=O) groups excluding carboxylic acids is 1. The summed E-state index contributed by atoms with van der Waals surface area (Å²) in [6, 6.07) is 0. The van der Waals surface area contributed by atoms with E-state index >= 15 is 0 Å². The van der Waals surface area contributed by atoms with Gasteiger partial charge >= 0.3 is 6.09 Å². The SMILES string of the molecule is C=CCC(CNC1(C=C)CC1)OC(N)=O. The highest BCUT2D eigenvalue weighted by atomic mass is 16.6. The molecule has 1 atom stereocenters. The van der Waals surface area contributed by atoms with Crippen LogP contribution in [-0.2, 0) is 4.74 Å². The quantitative estimate of drug-likeness (QED) is 0.623. The first-order chi connectivity index (χ1) is 7.12. The summed E-state index contributed by atoms with van der Waals surface area (Å²) in [6.07, 6.45) is 5.42. The van der Waals surface area contributed by atoms with Crippen molar-refractivity contribution in [2.75, 3.05) is 6.54 Å². The molecule has 0 saturated heterocycles. The highest BCUT2D eigenvalue weighted by Gasteiger charge is 2.39. The number of amides is 1. The van der Waals surface area contributed by atoms with Crippen LogP contribution in [0.4, 0.5) is 4.79 Å². The molecule has 1 fully saturated rings. The Morgan fingerprint density at radius 2 is 2.27 bits per heavy atom. The van der Waals surface area contributed by atoms with Gasteiger partial charge < -0.3 is 15.8 Å². The van der Waals surface area contributed by atoms with Crippen LogP contribution in [0.15, 0.2) is 25.3 Å². The van der Waals surface area contributed by atoms with Gasteiger partial charge in [0.15, 0.2) is 0 Å². The van der Waals surface area contributed by atoms with Crippen molar-refractivity contribution in [3.63, 3.8) is 0 Å². The van der Waals surface area contributed by atoms with Crippen LogP contribution in [0.5, 0.6) is 0 Å². The van der Waals surface area contributed by atoms with Crippen molar-refractivity contribution < 1.29 is 9.53 Å². The summed E-state index contributed by atoms with van der Waals surface area (Å²) in [7, 11) is 0. The molecule has 84 valence electrons. The molecule has 0 aromatic rings. The van der Waals surface area contributed by atoms with Crippen LogP contribution in [0.25, 0.3) is 0 Å². The minimum absolute atomic E-state index is 0.0560. The van der Waals surface area contributed by atoms with Gasteiger partial charge in [-0.2, -0.15) is 0 Å². The second-order valence-electron chi connectivity index (χ2n) is 3.82. The molecule has 1 amide bonds. The van der Waals surface area contributed by atoms with E-state index in [2.05, 4.69) is 18.5 Å². The van der Waals surface area contributed by atoms with Gasteiger partial charge in [0.25, 0.3) is 0 Å². The molecule has 4 nitrogen and oxygen atoms in total. The van der Waals surface area contributed by atoms with E-state index in [1.807, 2.05) is 6.08 Å². The summed E-state index contributed by atoms with van der Waals surface area (Å²) < 4.78 is 4.93. The summed E-state index contributed by atoms with van der Waals surface area (Å²) in [5.41, 5.74) is 5.02. The molecule has 0 spiro atoms. The van der Waals surface area contributed by atoms with Crippen LogP contribution >= 0.6 is 0 Å². The van der Waals surface area contributed by atoms with Crippen molar-refractivity contribution in [3.8, 4) is 0 Å². The molecular weight excluding hydrogens is 192 g/mol. The van der Waals surface area contributed by atoms with Gasteiger partial charge in [0, 0.05) is 18.5 Å². The lowest BCUT2D eigenvalue weighted by Crippen LogP contribution is -2.38. The first kappa shape index (κ1) is 11.8. The Kier molecular flexibility index (Phi) is 3.91. The second-order valence-corrected chi connectivity index (χ2v) is 3.82. The smallest absolute Gasteiger partial charge is 0.404 e. The van der Waals surface area contributed by atoms with Crippen LogP contribution in [0, 0.1) is 0 Å². The molecule has 0 aliphatic heterocycles. The van der Waals surface area contributed by atoms with Crippen LogP contribution in [0.2, 0.25) is 0 Å². The Morgan fingerprint density at radius 1 is 1.60 bits per heavy atom. The van der Waals surface area contributed by atoms with Gasteiger partial charge in [0.05, 0.1) is 0 Å². The van der Waals surface area contributed by atoms with Crippen molar-refractivity contribution in [2.45, 2.75) is 30.9 Å². The summed E-state index contributed by atoms with van der Waals surface area (Å²) in [4.78, 5) is 10.6. The Balaban J connectivity index is 2.33. The van der Waals surface area contributed by atoms with Crippen molar-refractivity contribution >= 4 is 6.09 Å². The third-order valence-corrected chi connectivity index (χ3v) is 2.57. The number of rotatable bonds is 7. The summed E-state index contributed by atoms with van der Waals surface area (Å²) in [6.45, 7) is 7.96. The van der Waals surface area contributed by atoms with Gasteiger partial charge in [0.1, 0.15) is 6.10 Å². The van der Waals surface area contributed by atoms with Gasteiger partial charge in [0.2, 0.25) is 0 Å². The average molecular weight is 210 g/mol. The van der Waals surface area contributed by atoms with Gasteiger partial charge in [-0.05, 0) is 12.8 Å². The molecule has 1 aliphatic rings. The number of nitrogens with two attached hydrogens (primary N) is 1. The first-order valence-electron chi connectivity index (χ1n) is 5.07. The van der Waals surface area contributed by atoms with Crippen LogP contribution in [-0.4, -0.2) is 24.3 Å². The molecule has 15 heavy (non-hydrogen) atoms. The summed E-state index contributed by atoms with van der Waals surface area (Å²) in [5.74, 6) is 0. The van der Waals surface area contributed by atoms with Crippen molar-refractivity contribution in [2.24, 2.45) is 5.73 Å². The number of ether oxygens (including phenoxy) is 1. The van der Waals surface area contributed by atoms with E-state index in [9.17, 15) is 4.79 Å². The molecule has 3 N–H and O–H groups in total. The fourth-order valence-electron chi connectivity index (χ4n) is 1.43. The van der Waals surface area contributed by atoms with Crippen LogP contribution in [0.1, 0.15) is 19.3 Å². The topological polar surface area (TPSA) is 64.3 Å². The fraction of sp³-hybridized carbons (Fsp3) is 0.545. The van der Waals surface area contributed by atoms with Crippen molar-refractivity contribution in [3.05, 3.63) is 25.3 Å². The maximum absolute atomic E-state index is 10.6. The zero-order chi connectivity index (χ0) is 11.3. The summed E-state index contributed by atoms with van der Waals surface area (Å²) in [5, 5.41) is 3.31. The Bertz CT molecular complexity index is 259. The van der Waals surface area contributed by atoms with Gasteiger partial charge in [-0.15, -0.1) is 13.2 Å². The monoisotopic (exact) mass is 210 g/mol. The second kappa shape index (κ2) is 4.98. The largest absolute Gasteiger partial charge is 0.445 e. The van der Waals surface area contributed by atoms with E-state index in [-0.39, 0.29) is 11.6 Å². The van der Waals surface area contributed by atoms with E-state index in [4.69, 9.17) is 10.5 Å². The summed E-state index contributed by atoms with van der Waals surface area (Å²) >= 11 is 0. The van der Waals surface area contributed by atoms with E-state index < -0.39 is 6.09 Å². The molecule has 0 aromatic heterocycles. The van der Waals surface area contributed by atoms with Gasteiger partial charge in [-0.1, -0.05) is 12.2 Å². The molecule has 0 bridgehead atoms. The van der Waals surface area contributed by atoms with Crippen molar-refractivity contribution in [1.82, 2.24) is 5.32 Å². The number of hydrogen-bond donors (Lipinski definition) is 2. The van der Waals surface area contributed by atoms with Crippen LogP contribution < -0.4 is 11.1 Å². The molecule has 4 heteroatoms. The molecule has 1 aliphatic carbocycles. The standard InChI is InChI=1S/C11H18N2O2/c1-3-5-9(15-10(12)14)8-13-11(4-2)6-7-11/h3-4,9,13H,1-2,5-8H2,(H2,12,14). The average Bonchev–Trinajstić information content (AvgIpc) is 2.95. The molecule has 1 saturated carbocycles. The maximum Gasteiger partial charge on any atom is 0.404 e. The van der Waals surface area contributed by atoms with Gasteiger partial charge in [-0.25, -0.2) is 4.79 Å². The highest BCUT2D eigenvalue weighted by Crippen LogP contribution is 2.36. The van der Waals surface area contributed by atoms with E-state index in [1.165, 1.54) is 0 Å². The van der Waals surface area contributed by atoms with E-state index in [0.717, 1.165) is 12.8 Å². The predicted molar refractivity (Wildman–Crippen MR) is 59.4 cm³/mol. The van der Waals surface area contributed by atoms with E-state index in [1.54, 1.807) is 6.08 Å². The number of nitrogens with one attached hydrogen (secondary N) is 1. The zero-order valence-corrected chi connectivity index (χ0v) is 8.87. The third-order valence-electron chi connectivity index (χ3n) is 2.57. The van der Waals surface area contributed by atoms with Gasteiger partial charge in [-0.3, -0.25) is 0 Å². The molecule has 1 unspecified atom stereocenters. The number of primary amides is 1. The molecule has 0 heterocycles. The third kappa shape index (κ3) is 3.75. The lowest BCUT2D eigenvalue weighted by Gasteiger charge is -2.19. The van der Waals surface area contributed by atoms with Crippen molar-refractivity contribution in [1.29, 1.82) is 0 Å². The normalized spacial score (nSPS) is 18.9. The highest BCUT2D eigenvalue weighted by molar-refractivity contribution is 5.64. The lowest BCUT2D eigenvalue weighted by atomic mass is 10.2. The zero-order valence-electron chi connectivity index (χ0n) is 8.87. The molecule has 0 radical (unpaired) electrons. The Hall–Kier alpha value is -1.29. The lowest BCUT2D eigenvalue weighted by molar-refractivity contribution is 0.105. The fourth-order valence-corrected chi connectivity index (χ4v) is 1.43. The predicted octanol–water partition coefficient (Wildman–Crippen LogP) is 1.33. The Labute approximate surface area is 90.2 Å². The maximum atomic E-state index is 10.6. The van der Waals surface area contributed by atoms with E-state index in [0.29, 0.717) is 13.0 Å².